The number of carbonyl (C=O) groups is 2. The first-order valence-corrected chi connectivity index (χ1v) is 12.3. The van der Waals surface area contributed by atoms with E-state index in [1.54, 1.807) is 30.3 Å². The molecular formula is C29H25N3O7. The summed E-state index contributed by atoms with van der Waals surface area (Å²) in [6.45, 7) is 2.70. The van der Waals surface area contributed by atoms with Crippen LogP contribution in [0.3, 0.4) is 0 Å². The Bertz CT molecular complexity index is 1630. The fourth-order valence-electron chi connectivity index (χ4n) is 4.99. The van der Waals surface area contributed by atoms with Crippen LogP contribution in [0.2, 0.25) is 0 Å². The quantitative estimate of drug-likeness (QED) is 0.224. The molecule has 1 aromatic heterocycles. The van der Waals surface area contributed by atoms with Gasteiger partial charge in [0.15, 0.2) is 23.0 Å². The Morgan fingerprint density at radius 3 is 2.49 bits per heavy atom. The third kappa shape index (κ3) is 4.01. The van der Waals surface area contributed by atoms with E-state index in [1.165, 1.54) is 19.1 Å². The van der Waals surface area contributed by atoms with Gasteiger partial charge in [-0.1, -0.05) is 29.8 Å². The van der Waals surface area contributed by atoms with Crippen LogP contribution in [0.5, 0.6) is 23.0 Å². The maximum Gasteiger partial charge on any atom is 0.302 e. The number of aromatic amines is 1. The van der Waals surface area contributed by atoms with Crippen LogP contribution in [0.4, 0.5) is 5.95 Å². The zero-order valence-corrected chi connectivity index (χ0v) is 21.5. The van der Waals surface area contributed by atoms with Crippen LogP contribution < -0.4 is 23.8 Å². The summed E-state index contributed by atoms with van der Waals surface area (Å²) >= 11 is 0. The third-order valence-corrected chi connectivity index (χ3v) is 6.82. The van der Waals surface area contributed by atoms with Crippen LogP contribution in [0.25, 0.3) is 16.8 Å². The lowest BCUT2D eigenvalue weighted by molar-refractivity contribution is -0.132. The largest absolute Gasteiger partial charge is 0.507 e. The molecule has 6 rings (SSSR count). The summed E-state index contributed by atoms with van der Waals surface area (Å²) in [5.41, 5.74) is 2.94. The van der Waals surface area contributed by atoms with Gasteiger partial charge < -0.3 is 29.0 Å². The average molecular weight is 528 g/mol. The second-order valence-corrected chi connectivity index (χ2v) is 9.23. The molecule has 2 aliphatic heterocycles. The Kier molecular flexibility index (Phi) is 5.86. The summed E-state index contributed by atoms with van der Waals surface area (Å²) in [6, 6.07) is 14.8. The molecule has 1 fully saturated rings. The Hall–Kier alpha value is -4.99. The van der Waals surface area contributed by atoms with Crippen molar-refractivity contribution in [2.75, 3.05) is 32.3 Å². The molecule has 10 heteroatoms. The lowest BCUT2D eigenvalue weighted by Crippen LogP contribution is -2.30. The molecule has 1 amide bonds. The fourth-order valence-corrected chi connectivity index (χ4v) is 4.99. The Morgan fingerprint density at radius 2 is 1.74 bits per heavy atom. The molecule has 0 spiro atoms. The second-order valence-electron chi connectivity index (χ2n) is 9.23. The molecule has 1 atom stereocenters. The highest BCUT2D eigenvalue weighted by atomic mass is 16.6. The smallest absolute Gasteiger partial charge is 0.302 e. The van der Waals surface area contributed by atoms with Gasteiger partial charge in [0.2, 0.25) is 5.95 Å². The number of ketones is 1. The molecule has 39 heavy (non-hydrogen) atoms. The van der Waals surface area contributed by atoms with E-state index >= 15 is 0 Å². The van der Waals surface area contributed by atoms with Gasteiger partial charge in [0, 0.05) is 17.7 Å². The minimum Gasteiger partial charge on any atom is -0.507 e. The summed E-state index contributed by atoms with van der Waals surface area (Å²) in [5.74, 6) is 0.125. The van der Waals surface area contributed by atoms with Crippen molar-refractivity contribution in [1.82, 2.24) is 9.97 Å². The van der Waals surface area contributed by atoms with Crippen LogP contribution in [0.1, 0.15) is 22.7 Å². The molecule has 4 aromatic rings. The zero-order valence-electron chi connectivity index (χ0n) is 21.5. The highest BCUT2D eigenvalue weighted by Crippen LogP contribution is 2.43. The standard InChI is InChI=1S/C29H25N3O7/c1-15-5-4-6-16(11-15)25-24(26(33)17-7-8-20-23(12-17)39-10-9-38-20)27(34)28(35)32(25)29-30-18-13-21(36-2)22(37-3)14-19(18)31-29/h4-8,11-14,25,33H,9-10H2,1-3H3,(H,30,31)/b26-24+. The van der Waals surface area contributed by atoms with Crippen LogP contribution >= 0.6 is 0 Å². The molecule has 3 heterocycles. The van der Waals surface area contributed by atoms with E-state index in [0.717, 1.165) is 5.56 Å². The fraction of sp³-hybridized carbons (Fsp3) is 0.207. The molecule has 1 unspecified atom stereocenters. The van der Waals surface area contributed by atoms with Crippen LogP contribution in [0, 0.1) is 6.92 Å². The molecule has 3 aromatic carbocycles. The van der Waals surface area contributed by atoms with Crippen molar-refractivity contribution >= 4 is 34.4 Å². The van der Waals surface area contributed by atoms with Gasteiger partial charge in [-0.2, -0.15) is 0 Å². The van der Waals surface area contributed by atoms with Gasteiger partial charge in [0.1, 0.15) is 19.0 Å². The lowest BCUT2D eigenvalue weighted by Gasteiger charge is -2.23. The van der Waals surface area contributed by atoms with E-state index in [1.807, 2.05) is 31.2 Å². The molecule has 0 bridgehead atoms. The van der Waals surface area contributed by atoms with Gasteiger partial charge in [0.25, 0.3) is 5.78 Å². The van der Waals surface area contributed by atoms with E-state index in [0.29, 0.717) is 58.4 Å². The first-order valence-electron chi connectivity index (χ1n) is 12.3. The van der Waals surface area contributed by atoms with E-state index < -0.39 is 17.7 Å². The summed E-state index contributed by atoms with van der Waals surface area (Å²) in [5, 5.41) is 11.5. The number of hydrogen-bond acceptors (Lipinski definition) is 8. The van der Waals surface area contributed by atoms with Crippen molar-refractivity contribution in [3.63, 3.8) is 0 Å². The summed E-state index contributed by atoms with van der Waals surface area (Å²) in [7, 11) is 3.04. The third-order valence-electron chi connectivity index (χ3n) is 6.82. The van der Waals surface area contributed by atoms with Crippen LogP contribution in [0.15, 0.2) is 60.2 Å². The van der Waals surface area contributed by atoms with Crippen molar-refractivity contribution in [3.05, 3.63) is 76.9 Å². The SMILES string of the molecule is COc1cc2nc(N3C(=O)C(=O)/C(=C(/O)c4ccc5c(c4)OCCO5)C3c3cccc(C)c3)[nH]c2cc1OC. The minimum absolute atomic E-state index is 0.0575. The summed E-state index contributed by atoms with van der Waals surface area (Å²) in [4.78, 5) is 36.1. The number of benzene rings is 3. The number of fused-ring (bicyclic) bond motifs is 2. The second kappa shape index (κ2) is 9.39. The number of ether oxygens (including phenoxy) is 4. The van der Waals surface area contributed by atoms with Crippen molar-refractivity contribution in [1.29, 1.82) is 0 Å². The number of hydrogen-bond donors (Lipinski definition) is 2. The molecule has 2 N–H and O–H groups in total. The zero-order chi connectivity index (χ0) is 27.3. The van der Waals surface area contributed by atoms with E-state index in [2.05, 4.69) is 9.97 Å². The molecule has 0 radical (unpaired) electrons. The Labute approximate surface area is 223 Å². The molecule has 10 nitrogen and oxygen atoms in total. The molecule has 2 aliphatic rings. The number of aryl methyl sites for hydroxylation is 1. The highest BCUT2D eigenvalue weighted by Gasteiger charge is 2.48. The number of nitrogens with zero attached hydrogens (tertiary/aromatic N) is 2. The Balaban J connectivity index is 1.53. The molecule has 0 aliphatic carbocycles. The predicted octanol–water partition coefficient (Wildman–Crippen LogP) is 4.29. The number of aliphatic hydroxyl groups excluding tert-OH is 1. The molecule has 0 saturated carbocycles. The van der Waals surface area contributed by atoms with Gasteiger partial charge in [-0.25, -0.2) is 4.98 Å². The number of carbonyl (C=O) groups excluding carboxylic acids is 2. The molecule has 1 saturated heterocycles. The van der Waals surface area contributed by atoms with Gasteiger partial charge in [-0.15, -0.1) is 0 Å². The normalized spacial score (nSPS) is 18.0. The molecular weight excluding hydrogens is 502 g/mol. The number of imidazole rings is 1. The van der Waals surface area contributed by atoms with E-state index in [9.17, 15) is 14.7 Å². The van der Waals surface area contributed by atoms with E-state index in [-0.39, 0.29) is 17.3 Å². The van der Waals surface area contributed by atoms with Crippen molar-refractivity contribution < 1.29 is 33.6 Å². The first kappa shape index (κ1) is 24.4. The predicted molar refractivity (Wildman–Crippen MR) is 143 cm³/mol. The number of H-pyrrole nitrogens is 1. The van der Waals surface area contributed by atoms with Crippen molar-refractivity contribution in [2.45, 2.75) is 13.0 Å². The minimum atomic E-state index is -0.942. The number of rotatable bonds is 5. The van der Waals surface area contributed by atoms with Crippen molar-refractivity contribution in [3.8, 4) is 23.0 Å². The van der Waals surface area contributed by atoms with Gasteiger partial charge >= 0.3 is 5.91 Å². The number of methoxy groups -OCH3 is 2. The number of aliphatic hydroxyl groups is 1. The number of aromatic nitrogens is 2. The number of anilines is 1. The van der Waals surface area contributed by atoms with Crippen molar-refractivity contribution in [2.24, 2.45) is 0 Å². The van der Waals surface area contributed by atoms with Crippen LogP contribution in [-0.2, 0) is 9.59 Å². The highest BCUT2D eigenvalue weighted by molar-refractivity contribution is 6.51. The number of nitrogens with one attached hydrogen (secondary N) is 1. The summed E-state index contributed by atoms with van der Waals surface area (Å²) in [6.07, 6.45) is 0. The average Bonchev–Trinajstić information content (AvgIpc) is 3.48. The number of amides is 1. The lowest BCUT2D eigenvalue weighted by atomic mass is 9.94. The first-order chi connectivity index (χ1) is 18.9. The van der Waals surface area contributed by atoms with Gasteiger partial charge in [-0.05, 0) is 30.7 Å². The summed E-state index contributed by atoms with van der Waals surface area (Å²) < 4.78 is 22.0. The maximum absolute atomic E-state index is 13.6. The van der Waals surface area contributed by atoms with Crippen LogP contribution in [-0.4, -0.2) is 54.2 Å². The Morgan fingerprint density at radius 1 is 1.00 bits per heavy atom. The topological polar surface area (TPSA) is 123 Å². The molecule has 198 valence electrons. The number of Topliss-reactive ketones (excluding diaryl/α,β-unsaturated/α-hetero) is 1. The maximum atomic E-state index is 13.6. The van der Waals surface area contributed by atoms with Gasteiger partial charge in [0.05, 0.1) is 36.9 Å². The monoisotopic (exact) mass is 527 g/mol. The van der Waals surface area contributed by atoms with E-state index in [4.69, 9.17) is 18.9 Å². The van der Waals surface area contributed by atoms with Gasteiger partial charge in [-0.3, -0.25) is 14.5 Å².